The predicted molar refractivity (Wildman–Crippen MR) is 69.8 cm³/mol. The Balaban J connectivity index is 2.00. The van der Waals surface area contributed by atoms with Gasteiger partial charge in [0.05, 0.1) is 0 Å². The SMILES string of the molecule is CN(CC1(CBr)CCC1)c1ccccc1. The zero-order valence-corrected chi connectivity index (χ0v) is 10.8. The number of benzene rings is 1. The van der Waals surface area contributed by atoms with Gasteiger partial charge in [-0.15, -0.1) is 0 Å². The first kappa shape index (κ1) is 11.0. The van der Waals surface area contributed by atoms with E-state index in [0.717, 1.165) is 5.33 Å². The van der Waals surface area contributed by atoms with Crippen molar-refractivity contribution in [2.75, 3.05) is 23.8 Å². The Morgan fingerprint density at radius 2 is 1.93 bits per heavy atom. The molecule has 0 aromatic heterocycles. The van der Waals surface area contributed by atoms with Crippen molar-refractivity contribution >= 4 is 21.6 Å². The highest BCUT2D eigenvalue weighted by molar-refractivity contribution is 9.09. The van der Waals surface area contributed by atoms with E-state index < -0.39 is 0 Å². The van der Waals surface area contributed by atoms with E-state index in [1.807, 2.05) is 0 Å². The predicted octanol–water partition coefficient (Wildman–Crippen LogP) is 3.69. The Morgan fingerprint density at radius 3 is 2.40 bits per heavy atom. The van der Waals surface area contributed by atoms with Crippen LogP contribution in [0.4, 0.5) is 5.69 Å². The van der Waals surface area contributed by atoms with Crippen LogP contribution >= 0.6 is 15.9 Å². The van der Waals surface area contributed by atoms with Gasteiger partial charge in [-0.05, 0) is 30.4 Å². The van der Waals surface area contributed by atoms with Gasteiger partial charge in [-0.3, -0.25) is 0 Å². The molecule has 0 N–H and O–H groups in total. The lowest BCUT2D eigenvalue weighted by Gasteiger charge is -2.43. The standard InChI is InChI=1S/C13H18BrN/c1-15(12-6-3-2-4-7-12)11-13(10-14)8-5-9-13/h2-4,6-7H,5,8-11H2,1H3. The monoisotopic (exact) mass is 267 g/mol. The first-order valence-corrected chi connectivity index (χ1v) is 6.70. The molecule has 0 amide bonds. The molecule has 0 saturated heterocycles. The zero-order chi connectivity index (χ0) is 10.7. The van der Waals surface area contributed by atoms with Crippen LogP contribution in [-0.2, 0) is 0 Å². The smallest absolute Gasteiger partial charge is 0.0363 e. The Hall–Kier alpha value is -0.500. The fourth-order valence-corrected chi connectivity index (χ4v) is 3.03. The van der Waals surface area contributed by atoms with Crippen molar-refractivity contribution < 1.29 is 0 Å². The summed E-state index contributed by atoms with van der Waals surface area (Å²) in [6.45, 7) is 1.17. The Labute approximate surface area is 101 Å². The van der Waals surface area contributed by atoms with E-state index in [1.54, 1.807) is 0 Å². The molecule has 1 aromatic rings. The van der Waals surface area contributed by atoms with Gasteiger partial charge in [-0.2, -0.15) is 0 Å². The first-order chi connectivity index (χ1) is 7.26. The third-order valence-corrected chi connectivity index (χ3v) is 4.66. The van der Waals surface area contributed by atoms with E-state index in [9.17, 15) is 0 Å². The third-order valence-electron chi connectivity index (χ3n) is 3.47. The molecule has 0 spiro atoms. The van der Waals surface area contributed by atoms with Crippen LogP contribution in [0.2, 0.25) is 0 Å². The fourth-order valence-electron chi connectivity index (χ4n) is 2.29. The highest BCUT2D eigenvalue weighted by Crippen LogP contribution is 2.43. The van der Waals surface area contributed by atoms with Gasteiger partial charge >= 0.3 is 0 Å². The zero-order valence-electron chi connectivity index (χ0n) is 9.25. The van der Waals surface area contributed by atoms with E-state index in [0.29, 0.717) is 5.41 Å². The molecule has 1 saturated carbocycles. The number of hydrogen-bond donors (Lipinski definition) is 0. The largest absolute Gasteiger partial charge is 0.374 e. The lowest BCUT2D eigenvalue weighted by Crippen LogP contribution is -2.42. The summed E-state index contributed by atoms with van der Waals surface area (Å²) < 4.78 is 0. The highest BCUT2D eigenvalue weighted by atomic mass is 79.9. The molecule has 0 bridgehead atoms. The van der Waals surface area contributed by atoms with Crippen LogP contribution in [0.15, 0.2) is 30.3 Å². The number of hydrogen-bond acceptors (Lipinski definition) is 1. The van der Waals surface area contributed by atoms with Gasteiger partial charge in [0.15, 0.2) is 0 Å². The molecule has 15 heavy (non-hydrogen) atoms. The van der Waals surface area contributed by atoms with Crippen LogP contribution in [-0.4, -0.2) is 18.9 Å². The molecule has 0 radical (unpaired) electrons. The van der Waals surface area contributed by atoms with Crippen molar-refractivity contribution in [3.8, 4) is 0 Å². The third kappa shape index (κ3) is 2.36. The van der Waals surface area contributed by atoms with E-state index >= 15 is 0 Å². The van der Waals surface area contributed by atoms with Gasteiger partial charge in [0.25, 0.3) is 0 Å². The quantitative estimate of drug-likeness (QED) is 0.753. The molecule has 1 aliphatic rings. The van der Waals surface area contributed by atoms with Gasteiger partial charge in [-0.25, -0.2) is 0 Å². The van der Waals surface area contributed by atoms with E-state index in [1.165, 1.54) is 31.5 Å². The first-order valence-electron chi connectivity index (χ1n) is 5.58. The van der Waals surface area contributed by atoms with Gasteiger partial charge < -0.3 is 4.90 Å². The summed E-state index contributed by atoms with van der Waals surface area (Å²) in [4.78, 5) is 2.38. The van der Waals surface area contributed by atoms with Crippen LogP contribution in [0.25, 0.3) is 0 Å². The number of alkyl halides is 1. The molecular formula is C13H18BrN. The molecule has 0 unspecified atom stereocenters. The van der Waals surface area contributed by atoms with Crippen molar-refractivity contribution in [2.24, 2.45) is 5.41 Å². The van der Waals surface area contributed by atoms with Crippen molar-refractivity contribution in [1.82, 2.24) is 0 Å². The maximum atomic E-state index is 3.66. The van der Waals surface area contributed by atoms with E-state index in [2.05, 4.69) is 58.2 Å². The van der Waals surface area contributed by atoms with Gasteiger partial charge in [0.2, 0.25) is 0 Å². The topological polar surface area (TPSA) is 3.24 Å². The average Bonchev–Trinajstić information content (AvgIpc) is 2.24. The molecule has 1 fully saturated rings. The number of nitrogens with zero attached hydrogens (tertiary/aromatic N) is 1. The van der Waals surface area contributed by atoms with Gasteiger partial charge in [0.1, 0.15) is 0 Å². The van der Waals surface area contributed by atoms with E-state index in [-0.39, 0.29) is 0 Å². The highest BCUT2D eigenvalue weighted by Gasteiger charge is 2.36. The van der Waals surface area contributed by atoms with Gasteiger partial charge in [-0.1, -0.05) is 40.5 Å². The normalized spacial score (nSPS) is 18.3. The molecule has 1 aliphatic carbocycles. The van der Waals surface area contributed by atoms with E-state index in [4.69, 9.17) is 0 Å². The maximum Gasteiger partial charge on any atom is 0.0363 e. The maximum absolute atomic E-state index is 3.66. The van der Waals surface area contributed by atoms with Gasteiger partial charge in [0, 0.05) is 24.6 Å². The summed E-state index contributed by atoms with van der Waals surface area (Å²) in [5.74, 6) is 0. The number of halogens is 1. The molecule has 0 atom stereocenters. The molecule has 0 aliphatic heterocycles. The van der Waals surface area contributed by atoms with Crippen molar-refractivity contribution in [2.45, 2.75) is 19.3 Å². The molecule has 2 rings (SSSR count). The second kappa shape index (κ2) is 4.56. The van der Waals surface area contributed by atoms with Crippen molar-refractivity contribution in [1.29, 1.82) is 0 Å². The van der Waals surface area contributed by atoms with Crippen LogP contribution < -0.4 is 4.90 Å². The second-order valence-electron chi connectivity index (χ2n) is 4.68. The minimum absolute atomic E-state index is 0.532. The summed E-state index contributed by atoms with van der Waals surface area (Å²) in [6, 6.07) is 10.6. The number of anilines is 1. The lowest BCUT2D eigenvalue weighted by atomic mass is 9.70. The van der Waals surface area contributed by atoms with Crippen molar-refractivity contribution in [3.63, 3.8) is 0 Å². The van der Waals surface area contributed by atoms with Crippen LogP contribution in [0.3, 0.4) is 0 Å². The van der Waals surface area contributed by atoms with Crippen LogP contribution in [0, 0.1) is 5.41 Å². The Kier molecular flexibility index (Phi) is 3.35. The minimum atomic E-state index is 0.532. The Morgan fingerprint density at radius 1 is 1.27 bits per heavy atom. The molecule has 1 aromatic carbocycles. The molecule has 82 valence electrons. The second-order valence-corrected chi connectivity index (χ2v) is 5.24. The summed E-state index contributed by atoms with van der Waals surface area (Å²) in [5, 5.41) is 1.14. The minimum Gasteiger partial charge on any atom is -0.374 e. The molecule has 0 heterocycles. The van der Waals surface area contributed by atoms with Crippen LogP contribution in [0.1, 0.15) is 19.3 Å². The van der Waals surface area contributed by atoms with Crippen molar-refractivity contribution in [3.05, 3.63) is 30.3 Å². The molecule has 2 heteroatoms. The molecule has 1 nitrogen and oxygen atoms in total. The molecular weight excluding hydrogens is 250 g/mol. The Bertz CT molecular complexity index is 300. The average molecular weight is 268 g/mol. The number of rotatable bonds is 4. The summed E-state index contributed by atoms with van der Waals surface area (Å²) in [7, 11) is 2.19. The summed E-state index contributed by atoms with van der Waals surface area (Å²) >= 11 is 3.66. The summed E-state index contributed by atoms with van der Waals surface area (Å²) in [5.41, 5.74) is 1.86. The van der Waals surface area contributed by atoms with Crippen LogP contribution in [0.5, 0.6) is 0 Å². The summed E-state index contributed by atoms with van der Waals surface area (Å²) in [6.07, 6.45) is 4.14. The fraction of sp³-hybridized carbons (Fsp3) is 0.538. The lowest BCUT2D eigenvalue weighted by molar-refractivity contribution is 0.179. The number of para-hydroxylation sites is 1.